The van der Waals surface area contributed by atoms with Crippen molar-refractivity contribution in [1.29, 1.82) is 0 Å². The minimum atomic E-state index is -3.07. The molecule has 1 saturated heterocycles. The highest BCUT2D eigenvalue weighted by Crippen LogP contribution is 2.37. The summed E-state index contributed by atoms with van der Waals surface area (Å²) in [5, 5.41) is 0. The van der Waals surface area contributed by atoms with E-state index >= 15 is 0 Å². The van der Waals surface area contributed by atoms with Crippen molar-refractivity contribution < 1.29 is 17.9 Å². The van der Waals surface area contributed by atoms with Crippen LogP contribution in [0.2, 0.25) is 0 Å². The third kappa shape index (κ3) is 2.30. The van der Waals surface area contributed by atoms with Crippen LogP contribution in [0.5, 0.6) is 11.5 Å². The normalized spacial score (nSPS) is 22.9. The van der Waals surface area contributed by atoms with Crippen LogP contribution in [0.1, 0.15) is 24.8 Å². The van der Waals surface area contributed by atoms with Crippen molar-refractivity contribution in [2.24, 2.45) is 0 Å². The van der Waals surface area contributed by atoms with E-state index in [9.17, 15) is 8.42 Å². The van der Waals surface area contributed by atoms with E-state index in [-0.39, 0.29) is 18.5 Å². The second-order valence-electron chi connectivity index (χ2n) is 4.86. The van der Waals surface area contributed by atoms with E-state index < -0.39 is 10.0 Å². The van der Waals surface area contributed by atoms with Gasteiger partial charge in [-0.15, -0.1) is 0 Å². The Balaban J connectivity index is 1.78. The number of rotatable bonds is 3. The largest absolute Gasteiger partial charge is 0.454 e. The molecule has 2 aliphatic rings. The van der Waals surface area contributed by atoms with E-state index in [0.717, 1.165) is 23.5 Å². The molecular weight excluding hydrogens is 266 g/mol. The van der Waals surface area contributed by atoms with Crippen LogP contribution in [0, 0.1) is 0 Å². The van der Waals surface area contributed by atoms with Crippen LogP contribution < -0.4 is 9.47 Å². The van der Waals surface area contributed by atoms with Gasteiger partial charge in [0.25, 0.3) is 0 Å². The lowest BCUT2D eigenvalue weighted by Crippen LogP contribution is -2.29. The fourth-order valence-corrected chi connectivity index (χ4v) is 3.76. The van der Waals surface area contributed by atoms with E-state index in [1.165, 1.54) is 0 Å². The van der Waals surface area contributed by atoms with Gasteiger partial charge in [0.15, 0.2) is 11.5 Å². The second kappa shape index (κ2) is 4.68. The smallest absolute Gasteiger partial charge is 0.231 e. The molecule has 0 N–H and O–H groups in total. The summed E-state index contributed by atoms with van der Waals surface area (Å²) in [7, 11) is -3.07. The summed E-state index contributed by atoms with van der Waals surface area (Å²) in [5.74, 6) is 1.94. The molecule has 1 aromatic rings. The van der Waals surface area contributed by atoms with Crippen LogP contribution in [0.4, 0.5) is 0 Å². The molecule has 0 bridgehead atoms. The van der Waals surface area contributed by atoms with Gasteiger partial charge in [-0.1, -0.05) is 6.07 Å². The third-order valence-electron chi connectivity index (χ3n) is 3.78. The Morgan fingerprint density at radius 1 is 1.32 bits per heavy atom. The van der Waals surface area contributed by atoms with Crippen molar-refractivity contribution in [3.05, 3.63) is 23.8 Å². The number of nitrogens with zero attached hydrogens (tertiary/aromatic N) is 1. The van der Waals surface area contributed by atoms with Gasteiger partial charge in [-0.25, -0.2) is 12.7 Å². The van der Waals surface area contributed by atoms with Crippen LogP contribution in [-0.2, 0) is 10.0 Å². The van der Waals surface area contributed by atoms with Gasteiger partial charge < -0.3 is 9.47 Å². The molecule has 2 heterocycles. The first-order chi connectivity index (χ1) is 9.10. The van der Waals surface area contributed by atoms with Gasteiger partial charge in [-0.2, -0.15) is 0 Å². The number of hydrogen-bond acceptors (Lipinski definition) is 4. The SMILES string of the molecule is CCS(=O)(=O)N1CCC(c2ccc3c(c2)OCO3)C1. The number of hydrogen-bond donors (Lipinski definition) is 0. The van der Waals surface area contributed by atoms with Crippen molar-refractivity contribution in [1.82, 2.24) is 4.31 Å². The lowest BCUT2D eigenvalue weighted by Gasteiger charge is -2.15. The van der Waals surface area contributed by atoms with Gasteiger partial charge in [0.2, 0.25) is 16.8 Å². The van der Waals surface area contributed by atoms with E-state index in [4.69, 9.17) is 9.47 Å². The molecule has 0 aromatic heterocycles. The molecule has 0 spiro atoms. The van der Waals surface area contributed by atoms with Gasteiger partial charge in [-0.3, -0.25) is 0 Å². The molecule has 3 rings (SSSR count). The molecule has 5 nitrogen and oxygen atoms in total. The first-order valence-electron chi connectivity index (χ1n) is 6.47. The zero-order chi connectivity index (χ0) is 13.5. The molecule has 0 radical (unpaired) electrons. The van der Waals surface area contributed by atoms with Crippen molar-refractivity contribution in [3.63, 3.8) is 0 Å². The Morgan fingerprint density at radius 2 is 2.11 bits per heavy atom. The van der Waals surface area contributed by atoms with Gasteiger partial charge in [0, 0.05) is 13.1 Å². The maximum atomic E-state index is 11.8. The summed E-state index contributed by atoms with van der Waals surface area (Å²) in [6, 6.07) is 5.87. The summed E-state index contributed by atoms with van der Waals surface area (Å²) in [4.78, 5) is 0. The Bertz CT molecular complexity index is 584. The van der Waals surface area contributed by atoms with Crippen molar-refractivity contribution in [2.45, 2.75) is 19.3 Å². The maximum Gasteiger partial charge on any atom is 0.231 e. The molecule has 0 aliphatic carbocycles. The fraction of sp³-hybridized carbons (Fsp3) is 0.538. The number of ether oxygens (including phenoxy) is 2. The van der Waals surface area contributed by atoms with Gasteiger partial charge in [0.1, 0.15) is 0 Å². The molecular formula is C13H17NO4S. The molecule has 0 saturated carbocycles. The molecule has 1 atom stereocenters. The van der Waals surface area contributed by atoms with E-state index in [1.54, 1.807) is 11.2 Å². The molecule has 1 unspecified atom stereocenters. The van der Waals surface area contributed by atoms with Crippen LogP contribution in [-0.4, -0.2) is 38.4 Å². The zero-order valence-electron chi connectivity index (χ0n) is 10.8. The maximum absolute atomic E-state index is 11.8. The number of benzene rings is 1. The monoisotopic (exact) mass is 283 g/mol. The van der Waals surface area contributed by atoms with Crippen molar-refractivity contribution in [3.8, 4) is 11.5 Å². The van der Waals surface area contributed by atoms with Gasteiger partial charge in [0.05, 0.1) is 5.75 Å². The summed E-state index contributed by atoms with van der Waals surface area (Å²) < 4.78 is 35.9. The third-order valence-corrected chi connectivity index (χ3v) is 5.63. The van der Waals surface area contributed by atoms with E-state index in [2.05, 4.69) is 0 Å². The molecule has 104 valence electrons. The highest BCUT2D eigenvalue weighted by molar-refractivity contribution is 7.89. The standard InChI is InChI=1S/C13H17NO4S/c1-2-19(15,16)14-6-5-11(8-14)10-3-4-12-13(7-10)18-9-17-12/h3-4,7,11H,2,5-6,8-9H2,1H3. The Labute approximate surface area is 113 Å². The van der Waals surface area contributed by atoms with Crippen LogP contribution >= 0.6 is 0 Å². The van der Waals surface area contributed by atoms with Crippen LogP contribution in [0.3, 0.4) is 0 Å². The summed E-state index contributed by atoms with van der Waals surface area (Å²) >= 11 is 0. The molecule has 0 amide bonds. The minimum Gasteiger partial charge on any atom is -0.454 e. The molecule has 2 aliphatic heterocycles. The number of sulfonamides is 1. The minimum absolute atomic E-state index is 0.168. The fourth-order valence-electron chi connectivity index (χ4n) is 2.60. The van der Waals surface area contributed by atoms with E-state index in [0.29, 0.717) is 13.1 Å². The Kier molecular flexibility index (Phi) is 3.14. The number of fused-ring (bicyclic) bond motifs is 1. The predicted molar refractivity (Wildman–Crippen MR) is 71.0 cm³/mol. The molecule has 1 fully saturated rings. The van der Waals surface area contributed by atoms with E-state index in [1.807, 2.05) is 18.2 Å². The zero-order valence-corrected chi connectivity index (χ0v) is 11.6. The summed E-state index contributed by atoms with van der Waals surface area (Å²) in [6.45, 7) is 3.12. The second-order valence-corrected chi connectivity index (χ2v) is 7.11. The molecule has 19 heavy (non-hydrogen) atoms. The van der Waals surface area contributed by atoms with Crippen LogP contribution in [0.15, 0.2) is 18.2 Å². The lowest BCUT2D eigenvalue weighted by atomic mass is 9.98. The predicted octanol–water partition coefficient (Wildman–Crippen LogP) is 1.55. The highest BCUT2D eigenvalue weighted by atomic mass is 32.2. The topological polar surface area (TPSA) is 55.8 Å². The quantitative estimate of drug-likeness (QED) is 0.844. The average molecular weight is 283 g/mol. The lowest BCUT2D eigenvalue weighted by molar-refractivity contribution is 0.174. The summed E-state index contributed by atoms with van der Waals surface area (Å²) in [6.07, 6.45) is 0.860. The van der Waals surface area contributed by atoms with Gasteiger partial charge >= 0.3 is 0 Å². The Hall–Kier alpha value is -1.27. The first kappa shape index (κ1) is 12.7. The van der Waals surface area contributed by atoms with Crippen molar-refractivity contribution >= 4 is 10.0 Å². The molecule has 6 heteroatoms. The highest BCUT2D eigenvalue weighted by Gasteiger charge is 2.31. The van der Waals surface area contributed by atoms with Crippen molar-refractivity contribution in [2.75, 3.05) is 25.6 Å². The van der Waals surface area contributed by atoms with Gasteiger partial charge in [-0.05, 0) is 37.0 Å². The average Bonchev–Trinajstić information content (AvgIpc) is 3.06. The molecule has 1 aromatic carbocycles. The Morgan fingerprint density at radius 3 is 2.89 bits per heavy atom. The summed E-state index contributed by atoms with van der Waals surface area (Å²) in [5.41, 5.74) is 1.12. The van der Waals surface area contributed by atoms with Crippen LogP contribution in [0.25, 0.3) is 0 Å². The first-order valence-corrected chi connectivity index (χ1v) is 8.08.